The fourth-order valence-corrected chi connectivity index (χ4v) is 2.89. The maximum Gasteiger partial charge on any atom is 0.300 e. The number of hydrogen-bond donors (Lipinski definition) is 0. The van der Waals surface area contributed by atoms with Crippen molar-refractivity contribution in [3.8, 4) is 0 Å². The fourth-order valence-electron chi connectivity index (χ4n) is 2.89. The molecule has 0 rings (SSSR count). The van der Waals surface area contributed by atoms with E-state index in [2.05, 4.69) is 46.4 Å². The third-order valence-electron chi connectivity index (χ3n) is 4.25. The zero-order chi connectivity index (χ0) is 15.4. The first-order valence-corrected chi connectivity index (χ1v) is 8.81. The highest BCUT2D eigenvalue weighted by Crippen LogP contribution is 2.17. The highest BCUT2D eigenvalue weighted by atomic mass is 15.5. The number of nitrogens with zero attached hydrogens (tertiary/aromatic N) is 3. The predicted molar refractivity (Wildman–Crippen MR) is 91.2 cm³/mol. The minimum Gasteiger partial charge on any atom is -0.312 e. The van der Waals surface area contributed by atoms with Gasteiger partial charge in [0.05, 0.1) is 19.6 Å². The second-order valence-corrected chi connectivity index (χ2v) is 5.56. The molecule has 0 aliphatic carbocycles. The van der Waals surface area contributed by atoms with Gasteiger partial charge < -0.3 is 4.90 Å². The van der Waals surface area contributed by atoms with Gasteiger partial charge in [-0.25, -0.2) is 4.99 Å². The van der Waals surface area contributed by atoms with E-state index < -0.39 is 0 Å². The van der Waals surface area contributed by atoms with Gasteiger partial charge in [0.1, 0.15) is 0 Å². The van der Waals surface area contributed by atoms with Gasteiger partial charge in [0, 0.05) is 19.6 Å². The van der Waals surface area contributed by atoms with Crippen molar-refractivity contribution >= 4 is 5.96 Å². The van der Waals surface area contributed by atoms with Crippen LogP contribution in [0.4, 0.5) is 0 Å². The Morgan fingerprint density at radius 2 is 1.35 bits per heavy atom. The van der Waals surface area contributed by atoms with E-state index in [-0.39, 0.29) is 0 Å². The normalized spacial score (nSPS) is 12.8. The summed E-state index contributed by atoms with van der Waals surface area (Å²) in [5.41, 5.74) is 0. The van der Waals surface area contributed by atoms with Crippen LogP contribution in [0.5, 0.6) is 0 Å². The van der Waals surface area contributed by atoms with E-state index in [0.717, 1.165) is 30.7 Å². The van der Waals surface area contributed by atoms with Crippen LogP contribution in [-0.4, -0.2) is 54.6 Å². The van der Waals surface area contributed by atoms with Crippen molar-refractivity contribution < 1.29 is 4.48 Å². The topological polar surface area (TPSA) is 15.6 Å². The van der Waals surface area contributed by atoms with Gasteiger partial charge in [-0.1, -0.05) is 26.7 Å². The smallest absolute Gasteiger partial charge is 0.300 e. The van der Waals surface area contributed by atoms with Crippen LogP contribution in [0.2, 0.25) is 0 Å². The van der Waals surface area contributed by atoms with Crippen LogP contribution in [0.15, 0.2) is 4.99 Å². The standard InChI is InChI=1S/C17H38N3/c1-7-13-15-20(12-6,16-14-8-2)17(18-9-3)19(10-4)11-5/h7-16H2,1-6H3/q+1. The van der Waals surface area contributed by atoms with E-state index >= 15 is 0 Å². The van der Waals surface area contributed by atoms with E-state index in [1.807, 2.05) is 0 Å². The first-order valence-electron chi connectivity index (χ1n) is 8.81. The van der Waals surface area contributed by atoms with E-state index in [1.165, 1.54) is 44.7 Å². The molecular weight excluding hydrogens is 246 g/mol. The molecule has 0 saturated heterocycles. The average Bonchev–Trinajstić information content (AvgIpc) is 2.49. The van der Waals surface area contributed by atoms with Crippen molar-refractivity contribution in [1.29, 1.82) is 0 Å². The summed E-state index contributed by atoms with van der Waals surface area (Å²) in [4.78, 5) is 7.40. The Labute approximate surface area is 127 Å². The van der Waals surface area contributed by atoms with Gasteiger partial charge >= 0.3 is 0 Å². The summed E-state index contributed by atoms with van der Waals surface area (Å²) in [6, 6.07) is 0. The summed E-state index contributed by atoms with van der Waals surface area (Å²) in [5, 5.41) is 0. The second-order valence-electron chi connectivity index (χ2n) is 5.56. The molecule has 0 aromatic heterocycles. The first kappa shape index (κ1) is 19.4. The number of unbranched alkanes of at least 4 members (excludes halogenated alkanes) is 2. The predicted octanol–water partition coefficient (Wildman–Crippen LogP) is 4.14. The second kappa shape index (κ2) is 11.1. The number of hydrogen-bond acceptors (Lipinski definition) is 1. The van der Waals surface area contributed by atoms with E-state index in [4.69, 9.17) is 4.99 Å². The summed E-state index contributed by atoms with van der Waals surface area (Å²) >= 11 is 0. The molecule has 0 unspecified atom stereocenters. The van der Waals surface area contributed by atoms with Gasteiger partial charge in [0.15, 0.2) is 0 Å². The third kappa shape index (κ3) is 5.43. The molecule has 120 valence electrons. The molecule has 0 aliphatic rings. The Morgan fingerprint density at radius 1 is 0.850 bits per heavy atom. The molecule has 20 heavy (non-hydrogen) atoms. The maximum atomic E-state index is 4.93. The molecular formula is C17H38N3+. The van der Waals surface area contributed by atoms with E-state index in [0.29, 0.717) is 0 Å². The molecule has 0 N–H and O–H groups in total. The fraction of sp³-hybridized carbons (Fsp3) is 0.941. The largest absolute Gasteiger partial charge is 0.312 e. The molecule has 0 bridgehead atoms. The zero-order valence-electron chi connectivity index (χ0n) is 14.9. The van der Waals surface area contributed by atoms with Crippen LogP contribution in [0.1, 0.15) is 67.2 Å². The SMILES string of the molecule is CCCC[N+](CC)(CCCC)C(=NCC)N(CC)CC. The van der Waals surface area contributed by atoms with Crippen molar-refractivity contribution in [1.82, 2.24) is 4.90 Å². The zero-order valence-corrected chi connectivity index (χ0v) is 14.9. The highest BCUT2D eigenvalue weighted by Gasteiger charge is 2.34. The summed E-state index contributed by atoms with van der Waals surface area (Å²) < 4.78 is 1.08. The lowest BCUT2D eigenvalue weighted by Gasteiger charge is -2.41. The molecule has 0 heterocycles. The number of rotatable bonds is 10. The molecule has 0 atom stereocenters. The first-order chi connectivity index (χ1) is 9.65. The van der Waals surface area contributed by atoms with Crippen molar-refractivity contribution in [2.24, 2.45) is 4.99 Å². The Kier molecular flexibility index (Phi) is 10.8. The average molecular weight is 285 g/mol. The van der Waals surface area contributed by atoms with E-state index in [9.17, 15) is 0 Å². The van der Waals surface area contributed by atoms with Crippen LogP contribution < -0.4 is 0 Å². The van der Waals surface area contributed by atoms with Crippen LogP contribution in [-0.2, 0) is 0 Å². The van der Waals surface area contributed by atoms with Crippen LogP contribution in [0, 0.1) is 0 Å². The minimum absolute atomic E-state index is 0.893. The molecule has 0 spiro atoms. The molecule has 0 aromatic carbocycles. The lowest BCUT2D eigenvalue weighted by molar-refractivity contribution is -0.846. The van der Waals surface area contributed by atoms with Crippen LogP contribution in [0.25, 0.3) is 0 Å². The van der Waals surface area contributed by atoms with Gasteiger partial charge in [0.25, 0.3) is 5.96 Å². The van der Waals surface area contributed by atoms with Crippen LogP contribution in [0.3, 0.4) is 0 Å². The molecule has 0 aromatic rings. The summed E-state index contributed by atoms with van der Waals surface area (Å²) in [5.74, 6) is 1.34. The monoisotopic (exact) mass is 284 g/mol. The van der Waals surface area contributed by atoms with Crippen LogP contribution >= 0.6 is 0 Å². The third-order valence-corrected chi connectivity index (χ3v) is 4.25. The number of aliphatic imine (C=N–C) groups is 1. The Bertz CT molecular complexity index is 249. The molecule has 0 amide bonds. The molecule has 3 heteroatoms. The van der Waals surface area contributed by atoms with Crippen molar-refractivity contribution in [3.63, 3.8) is 0 Å². The van der Waals surface area contributed by atoms with Gasteiger partial charge in [-0.3, -0.25) is 4.48 Å². The summed E-state index contributed by atoms with van der Waals surface area (Å²) in [6.07, 6.45) is 5.12. The quantitative estimate of drug-likeness (QED) is 0.334. The Hall–Kier alpha value is -0.570. The Balaban J connectivity index is 5.41. The summed E-state index contributed by atoms with van der Waals surface area (Å²) in [7, 11) is 0. The van der Waals surface area contributed by atoms with E-state index in [1.54, 1.807) is 0 Å². The molecule has 0 fully saturated rings. The lowest BCUT2D eigenvalue weighted by Crippen LogP contribution is -2.60. The molecule has 0 aliphatic heterocycles. The lowest BCUT2D eigenvalue weighted by atomic mass is 10.2. The van der Waals surface area contributed by atoms with Crippen molar-refractivity contribution in [2.45, 2.75) is 67.2 Å². The van der Waals surface area contributed by atoms with Crippen molar-refractivity contribution in [3.05, 3.63) is 0 Å². The number of guanidine groups is 1. The summed E-state index contributed by atoms with van der Waals surface area (Å²) in [6.45, 7) is 20.2. The van der Waals surface area contributed by atoms with Gasteiger partial charge in [0.2, 0.25) is 0 Å². The number of quaternary nitrogens is 1. The van der Waals surface area contributed by atoms with Crippen molar-refractivity contribution in [2.75, 3.05) is 39.3 Å². The molecule has 3 nitrogen and oxygen atoms in total. The van der Waals surface area contributed by atoms with Gasteiger partial charge in [-0.15, -0.1) is 0 Å². The Morgan fingerprint density at radius 3 is 1.65 bits per heavy atom. The minimum atomic E-state index is 0.893. The highest BCUT2D eigenvalue weighted by molar-refractivity contribution is 5.73. The maximum absolute atomic E-state index is 4.93. The molecule has 0 radical (unpaired) electrons. The molecule has 0 saturated carbocycles. The van der Waals surface area contributed by atoms with Gasteiger partial charge in [-0.05, 0) is 40.5 Å². The van der Waals surface area contributed by atoms with Gasteiger partial charge in [-0.2, -0.15) is 0 Å².